The van der Waals surface area contributed by atoms with E-state index in [1.54, 1.807) is 18.2 Å². The Balaban J connectivity index is 2.00. The van der Waals surface area contributed by atoms with Crippen LogP contribution < -0.4 is 14.8 Å². The van der Waals surface area contributed by atoms with Crippen molar-refractivity contribution in [3.05, 3.63) is 65.7 Å². The van der Waals surface area contributed by atoms with Crippen molar-refractivity contribution in [2.75, 3.05) is 7.11 Å². The smallest absolute Gasteiger partial charge is 0.413 e. The molecular formula is C18H17NO5. The van der Waals surface area contributed by atoms with Crippen LogP contribution in [-0.2, 0) is 11.3 Å². The second kappa shape index (κ2) is 8.38. The first kappa shape index (κ1) is 17.1. The van der Waals surface area contributed by atoms with Crippen molar-refractivity contribution >= 4 is 18.1 Å². The molecule has 0 heterocycles. The minimum Gasteiger partial charge on any atom is -0.493 e. The van der Waals surface area contributed by atoms with Gasteiger partial charge in [-0.3, -0.25) is 0 Å². The molecule has 24 heavy (non-hydrogen) atoms. The molecule has 2 aromatic carbocycles. The van der Waals surface area contributed by atoms with E-state index in [0.717, 1.165) is 11.6 Å². The van der Waals surface area contributed by atoms with Crippen molar-refractivity contribution in [2.24, 2.45) is 0 Å². The monoisotopic (exact) mass is 327 g/mol. The van der Waals surface area contributed by atoms with E-state index in [1.165, 1.54) is 13.2 Å². The first-order valence-electron chi connectivity index (χ1n) is 7.17. The van der Waals surface area contributed by atoms with Gasteiger partial charge in [0.1, 0.15) is 0 Å². The maximum absolute atomic E-state index is 11.9. The van der Waals surface area contributed by atoms with E-state index in [1.807, 2.05) is 30.3 Å². The fraction of sp³-hybridized carbons (Fsp3) is 0.111. The zero-order chi connectivity index (χ0) is 17.4. The number of aliphatic carboxylic acids is 1. The van der Waals surface area contributed by atoms with Crippen LogP contribution in [0.3, 0.4) is 0 Å². The standard InChI is InChI=1S/C18H17NO5/c1-23-16-11-13(8-10-17(20)21)7-9-15(16)24-18(22)19-12-14-5-3-2-4-6-14/h2-11H,12H2,1H3,(H,19,22)(H,20,21)/b10-8+. The number of hydrogen-bond donors (Lipinski definition) is 2. The Kier molecular flexibility index (Phi) is 5.96. The summed E-state index contributed by atoms with van der Waals surface area (Å²) in [6.07, 6.45) is 1.83. The number of methoxy groups -OCH3 is 1. The average molecular weight is 327 g/mol. The van der Waals surface area contributed by atoms with Crippen LogP contribution in [0.15, 0.2) is 54.6 Å². The molecule has 0 unspecified atom stereocenters. The second-order valence-electron chi connectivity index (χ2n) is 4.81. The van der Waals surface area contributed by atoms with Crippen molar-refractivity contribution in [3.63, 3.8) is 0 Å². The predicted molar refractivity (Wildman–Crippen MR) is 89.0 cm³/mol. The number of benzene rings is 2. The molecule has 6 nitrogen and oxygen atoms in total. The Morgan fingerprint density at radius 2 is 1.88 bits per heavy atom. The van der Waals surface area contributed by atoms with Crippen molar-refractivity contribution in [3.8, 4) is 11.5 Å². The van der Waals surface area contributed by atoms with Gasteiger partial charge in [0.25, 0.3) is 0 Å². The van der Waals surface area contributed by atoms with Crippen LogP contribution in [0.5, 0.6) is 11.5 Å². The molecule has 6 heteroatoms. The van der Waals surface area contributed by atoms with Crippen LogP contribution in [0.4, 0.5) is 4.79 Å². The number of ether oxygens (including phenoxy) is 2. The third-order valence-corrected chi connectivity index (χ3v) is 3.09. The lowest BCUT2D eigenvalue weighted by atomic mass is 10.2. The number of carbonyl (C=O) groups excluding carboxylic acids is 1. The highest BCUT2D eigenvalue weighted by Crippen LogP contribution is 2.28. The fourth-order valence-electron chi connectivity index (χ4n) is 1.95. The van der Waals surface area contributed by atoms with Gasteiger partial charge in [0.15, 0.2) is 11.5 Å². The van der Waals surface area contributed by atoms with E-state index < -0.39 is 12.1 Å². The summed E-state index contributed by atoms with van der Waals surface area (Å²) in [5.41, 5.74) is 1.57. The highest BCUT2D eigenvalue weighted by molar-refractivity contribution is 5.85. The molecule has 124 valence electrons. The Bertz CT molecular complexity index is 740. The van der Waals surface area contributed by atoms with Gasteiger partial charge in [-0.15, -0.1) is 0 Å². The van der Waals surface area contributed by atoms with Crippen LogP contribution in [0.25, 0.3) is 6.08 Å². The zero-order valence-corrected chi connectivity index (χ0v) is 13.1. The molecule has 0 saturated carbocycles. The van der Waals surface area contributed by atoms with Gasteiger partial charge in [-0.05, 0) is 29.3 Å². The van der Waals surface area contributed by atoms with E-state index in [4.69, 9.17) is 14.6 Å². The van der Waals surface area contributed by atoms with Crippen molar-refractivity contribution < 1.29 is 24.2 Å². The maximum Gasteiger partial charge on any atom is 0.413 e. The maximum atomic E-state index is 11.9. The lowest BCUT2D eigenvalue weighted by Gasteiger charge is -2.11. The molecule has 0 atom stereocenters. The van der Waals surface area contributed by atoms with Gasteiger partial charge in [-0.25, -0.2) is 9.59 Å². The molecule has 0 aliphatic heterocycles. The Hall–Kier alpha value is -3.28. The molecule has 0 aliphatic rings. The summed E-state index contributed by atoms with van der Waals surface area (Å²) in [5, 5.41) is 11.3. The van der Waals surface area contributed by atoms with Gasteiger partial charge in [0, 0.05) is 12.6 Å². The minimum absolute atomic E-state index is 0.246. The Morgan fingerprint density at radius 1 is 1.12 bits per heavy atom. The molecule has 0 fully saturated rings. The van der Waals surface area contributed by atoms with Gasteiger partial charge in [0.2, 0.25) is 0 Å². The van der Waals surface area contributed by atoms with Crippen LogP contribution in [0, 0.1) is 0 Å². The minimum atomic E-state index is -1.05. The third-order valence-electron chi connectivity index (χ3n) is 3.09. The van der Waals surface area contributed by atoms with Gasteiger partial charge < -0.3 is 19.9 Å². The average Bonchev–Trinajstić information content (AvgIpc) is 2.60. The summed E-state index contributed by atoms with van der Waals surface area (Å²) < 4.78 is 10.4. The molecule has 2 rings (SSSR count). The first-order chi connectivity index (χ1) is 11.6. The summed E-state index contributed by atoms with van der Waals surface area (Å²) in [5.74, 6) is -0.470. The number of rotatable bonds is 6. The van der Waals surface area contributed by atoms with Crippen molar-refractivity contribution in [2.45, 2.75) is 6.54 Å². The highest BCUT2D eigenvalue weighted by atomic mass is 16.6. The van der Waals surface area contributed by atoms with Gasteiger partial charge in [-0.2, -0.15) is 0 Å². The van der Waals surface area contributed by atoms with Gasteiger partial charge in [-0.1, -0.05) is 36.4 Å². The Morgan fingerprint density at radius 3 is 2.54 bits per heavy atom. The number of hydrogen-bond acceptors (Lipinski definition) is 4. The number of carboxylic acids is 1. The molecule has 1 amide bonds. The molecule has 0 aliphatic carbocycles. The zero-order valence-electron chi connectivity index (χ0n) is 13.1. The lowest BCUT2D eigenvalue weighted by molar-refractivity contribution is -0.131. The summed E-state index contributed by atoms with van der Waals surface area (Å²) in [4.78, 5) is 22.4. The van der Waals surface area contributed by atoms with E-state index in [2.05, 4.69) is 5.32 Å². The number of amides is 1. The summed E-state index contributed by atoms with van der Waals surface area (Å²) in [6.45, 7) is 0.349. The molecular weight excluding hydrogens is 310 g/mol. The van der Waals surface area contributed by atoms with Crippen molar-refractivity contribution in [1.29, 1.82) is 0 Å². The number of carboxylic acid groups (broad SMARTS) is 1. The second-order valence-corrected chi connectivity index (χ2v) is 4.81. The van der Waals surface area contributed by atoms with E-state index >= 15 is 0 Å². The Labute approximate surface area is 139 Å². The molecule has 0 bridgehead atoms. The predicted octanol–water partition coefficient (Wildman–Crippen LogP) is 3.08. The van der Waals surface area contributed by atoms with Crippen LogP contribution in [0.2, 0.25) is 0 Å². The highest BCUT2D eigenvalue weighted by Gasteiger charge is 2.10. The largest absolute Gasteiger partial charge is 0.493 e. The lowest BCUT2D eigenvalue weighted by Crippen LogP contribution is -2.26. The van der Waals surface area contributed by atoms with E-state index in [9.17, 15) is 9.59 Å². The summed E-state index contributed by atoms with van der Waals surface area (Å²) in [6, 6.07) is 14.2. The third kappa shape index (κ3) is 5.17. The first-order valence-corrected chi connectivity index (χ1v) is 7.17. The topological polar surface area (TPSA) is 84.9 Å². The summed E-state index contributed by atoms with van der Waals surface area (Å²) >= 11 is 0. The molecule has 0 saturated heterocycles. The molecule has 0 radical (unpaired) electrons. The van der Waals surface area contributed by atoms with Gasteiger partial charge >= 0.3 is 12.1 Å². The summed E-state index contributed by atoms with van der Waals surface area (Å²) in [7, 11) is 1.44. The number of nitrogens with one attached hydrogen (secondary N) is 1. The van der Waals surface area contributed by atoms with Crippen LogP contribution >= 0.6 is 0 Å². The van der Waals surface area contributed by atoms with Gasteiger partial charge in [0.05, 0.1) is 7.11 Å². The normalized spacial score (nSPS) is 10.4. The van der Waals surface area contributed by atoms with Crippen LogP contribution in [0.1, 0.15) is 11.1 Å². The molecule has 0 spiro atoms. The molecule has 0 aromatic heterocycles. The van der Waals surface area contributed by atoms with E-state index in [0.29, 0.717) is 17.9 Å². The fourth-order valence-corrected chi connectivity index (χ4v) is 1.95. The molecule has 2 aromatic rings. The quantitative estimate of drug-likeness (QED) is 0.797. The van der Waals surface area contributed by atoms with Crippen LogP contribution in [-0.4, -0.2) is 24.3 Å². The molecule has 2 N–H and O–H groups in total. The SMILES string of the molecule is COc1cc(/C=C/C(=O)O)ccc1OC(=O)NCc1ccccc1. The number of carbonyl (C=O) groups is 2. The van der Waals surface area contributed by atoms with Crippen molar-refractivity contribution in [1.82, 2.24) is 5.32 Å². The van der Waals surface area contributed by atoms with E-state index in [-0.39, 0.29) is 5.75 Å².